The van der Waals surface area contributed by atoms with Crippen molar-refractivity contribution in [1.29, 1.82) is 0 Å². The van der Waals surface area contributed by atoms with Crippen LogP contribution >= 0.6 is 0 Å². The van der Waals surface area contributed by atoms with Crippen molar-refractivity contribution in [2.75, 3.05) is 11.9 Å². The Morgan fingerprint density at radius 1 is 1.33 bits per heavy atom. The molecule has 0 radical (unpaired) electrons. The van der Waals surface area contributed by atoms with E-state index >= 15 is 0 Å². The summed E-state index contributed by atoms with van der Waals surface area (Å²) < 4.78 is 14.8. The standard InChI is InChI=1S/C18H23FN4O/c1-12-18(13(2)22(3)21-12)20-17(24)11-23(16-8-9-16)10-14-4-6-15(19)7-5-14/h4-7,16H,8-11H2,1-3H3,(H,20,24). The minimum absolute atomic E-state index is 0.0387. The van der Waals surface area contributed by atoms with E-state index < -0.39 is 0 Å². The number of carbonyl (C=O) groups excluding carboxylic acids is 1. The second-order valence-corrected chi connectivity index (χ2v) is 6.48. The first-order valence-corrected chi connectivity index (χ1v) is 8.22. The summed E-state index contributed by atoms with van der Waals surface area (Å²) in [4.78, 5) is 14.6. The molecule has 128 valence electrons. The van der Waals surface area contributed by atoms with Crippen molar-refractivity contribution in [2.45, 2.75) is 39.3 Å². The Bertz CT molecular complexity index is 734. The number of amides is 1. The van der Waals surface area contributed by atoms with E-state index in [2.05, 4.69) is 15.3 Å². The highest BCUT2D eigenvalue weighted by atomic mass is 19.1. The van der Waals surface area contributed by atoms with Gasteiger partial charge in [0, 0.05) is 19.6 Å². The smallest absolute Gasteiger partial charge is 0.238 e. The fourth-order valence-electron chi connectivity index (χ4n) is 2.90. The zero-order valence-electron chi connectivity index (χ0n) is 14.3. The highest BCUT2D eigenvalue weighted by Gasteiger charge is 2.30. The van der Waals surface area contributed by atoms with Crippen LogP contribution in [-0.4, -0.2) is 33.2 Å². The van der Waals surface area contributed by atoms with E-state index in [-0.39, 0.29) is 11.7 Å². The van der Waals surface area contributed by atoms with E-state index in [1.165, 1.54) is 12.1 Å². The number of carbonyl (C=O) groups is 1. The molecular formula is C18H23FN4O. The third-order valence-corrected chi connectivity index (χ3v) is 4.48. The lowest BCUT2D eigenvalue weighted by Crippen LogP contribution is -2.34. The van der Waals surface area contributed by atoms with Gasteiger partial charge < -0.3 is 5.32 Å². The minimum atomic E-state index is -0.239. The molecule has 1 saturated carbocycles. The molecule has 1 amide bonds. The monoisotopic (exact) mass is 330 g/mol. The van der Waals surface area contributed by atoms with Gasteiger partial charge in [0.25, 0.3) is 0 Å². The van der Waals surface area contributed by atoms with Crippen LogP contribution in [0.15, 0.2) is 24.3 Å². The average Bonchev–Trinajstić information content (AvgIpc) is 3.34. The minimum Gasteiger partial charge on any atom is -0.322 e. The number of aromatic nitrogens is 2. The third-order valence-electron chi connectivity index (χ3n) is 4.48. The average molecular weight is 330 g/mol. The van der Waals surface area contributed by atoms with Crippen molar-refractivity contribution in [2.24, 2.45) is 7.05 Å². The lowest BCUT2D eigenvalue weighted by atomic mass is 10.2. The van der Waals surface area contributed by atoms with Crippen molar-refractivity contribution in [3.63, 3.8) is 0 Å². The Morgan fingerprint density at radius 3 is 2.54 bits per heavy atom. The lowest BCUT2D eigenvalue weighted by molar-refractivity contribution is -0.117. The molecule has 1 aromatic carbocycles. The van der Waals surface area contributed by atoms with Crippen LogP contribution < -0.4 is 5.32 Å². The summed E-state index contributed by atoms with van der Waals surface area (Å²) >= 11 is 0. The van der Waals surface area contributed by atoms with Gasteiger partial charge in [0.1, 0.15) is 5.82 Å². The van der Waals surface area contributed by atoms with E-state index in [9.17, 15) is 9.18 Å². The number of anilines is 1. The SMILES string of the molecule is Cc1nn(C)c(C)c1NC(=O)CN(Cc1ccc(F)cc1)C1CC1. The largest absolute Gasteiger partial charge is 0.322 e. The topological polar surface area (TPSA) is 50.2 Å². The molecule has 1 fully saturated rings. The van der Waals surface area contributed by atoms with Crippen LogP contribution in [0, 0.1) is 19.7 Å². The first-order valence-electron chi connectivity index (χ1n) is 8.22. The molecule has 2 aromatic rings. The van der Waals surface area contributed by atoms with Crippen molar-refractivity contribution in [3.05, 3.63) is 47.0 Å². The zero-order chi connectivity index (χ0) is 17.3. The van der Waals surface area contributed by atoms with Crippen LogP contribution in [0.3, 0.4) is 0 Å². The number of rotatable bonds is 6. The molecule has 1 N–H and O–H groups in total. The number of nitrogens with one attached hydrogen (secondary N) is 1. The van der Waals surface area contributed by atoms with Crippen LogP contribution in [0.5, 0.6) is 0 Å². The van der Waals surface area contributed by atoms with Crippen LogP contribution in [-0.2, 0) is 18.4 Å². The second-order valence-electron chi connectivity index (χ2n) is 6.48. The first-order chi connectivity index (χ1) is 11.4. The maximum Gasteiger partial charge on any atom is 0.238 e. The molecule has 0 unspecified atom stereocenters. The molecule has 0 atom stereocenters. The molecule has 6 heteroatoms. The summed E-state index contributed by atoms with van der Waals surface area (Å²) in [7, 11) is 1.86. The quantitative estimate of drug-likeness (QED) is 0.886. The Hall–Kier alpha value is -2.21. The van der Waals surface area contributed by atoms with E-state index in [4.69, 9.17) is 0 Å². The van der Waals surface area contributed by atoms with E-state index in [1.807, 2.05) is 20.9 Å². The number of hydrogen-bond acceptors (Lipinski definition) is 3. The van der Waals surface area contributed by atoms with Gasteiger partial charge in [-0.1, -0.05) is 12.1 Å². The number of hydrogen-bond donors (Lipinski definition) is 1. The van der Waals surface area contributed by atoms with E-state index in [0.29, 0.717) is 19.1 Å². The highest BCUT2D eigenvalue weighted by molar-refractivity contribution is 5.93. The number of halogens is 1. The molecule has 3 rings (SSSR count). The van der Waals surface area contributed by atoms with E-state index in [1.54, 1.807) is 16.8 Å². The van der Waals surface area contributed by atoms with Crippen molar-refractivity contribution < 1.29 is 9.18 Å². The molecule has 0 aliphatic heterocycles. The van der Waals surface area contributed by atoms with Crippen LogP contribution in [0.4, 0.5) is 10.1 Å². The summed E-state index contributed by atoms with van der Waals surface area (Å²) in [5.41, 5.74) is 3.57. The normalized spacial score (nSPS) is 14.2. The molecular weight excluding hydrogens is 307 g/mol. The highest BCUT2D eigenvalue weighted by Crippen LogP contribution is 2.28. The zero-order valence-corrected chi connectivity index (χ0v) is 14.3. The van der Waals surface area contributed by atoms with Gasteiger partial charge in [-0.2, -0.15) is 5.10 Å². The summed E-state index contributed by atoms with van der Waals surface area (Å²) in [6.07, 6.45) is 2.22. The Kier molecular flexibility index (Phi) is 4.66. The van der Waals surface area contributed by atoms with Gasteiger partial charge in [-0.3, -0.25) is 14.4 Å². The molecule has 0 bridgehead atoms. The number of aryl methyl sites for hydroxylation is 2. The fraction of sp³-hybridized carbons (Fsp3) is 0.444. The van der Waals surface area contributed by atoms with Gasteiger partial charge in [0.05, 0.1) is 23.6 Å². The predicted octanol–water partition coefficient (Wildman–Crippen LogP) is 2.78. The van der Waals surface area contributed by atoms with Gasteiger partial charge in [0.15, 0.2) is 0 Å². The van der Waals surface area contributed by atoms with Crippen molar-refractivity contribution >= 4 is 11.6 Å². The van der Waals surface area contributed by atoms with Gasteiger partial charge in [-0.05, 0) is 44.4 Å². The molecule has 0 spiro atoms. The molecule has 5 nitrogen and oxygen atoms in total. The number of nitrogens with zero attached hydrogens (tertiary/aromatic N) is 3. The maximum atomic E-state index is 13.0. The van der Waals surface area contributed by atoms with Gasteiger partial charge in [-0.15, -0.1) is 0 Å². The first kappa shape index (κ1) is 16.6. The third kappa shape index (κ3) is 3.82. The molecule has 24 heavy (non-hydrogen) atoms. The second kappa shape index (κ2) is 6.73. The predicted molar refractivity (Wildman–Crippen MR) is 91.1 cm³/mol. The van der Waals surface area contributed by atoms with Crippen molar-refractivity contribution in [1.82, 2.24) is 14.7 Å². The molecule has 0 saturated heterocycles. The lowest BCUT2D eigenvalue weighted by Gasteiger charge is -2.21. The maximum absolute atomic E-state index is 13.0. The van der Waals surface area contributed by atoms with E-state index in [0.717, 1.165) is 35.5 Å². The fourth-order valence-corrected chi connectivity index (χ4v) is 2.90. The summed E-state index contributed by atoms with van der Waals surface area (Å²) in [5, 5.41) is 7.30. The Morgan fingerprint density at radius 2 is 2.00 bits per heavy atom. The van der Waals surface area contributed by atoms with Gasteiger partial charge in [-0.25, -0.2) is 4.39 Å². The summed E-state index contributed by atoms with van der Waals surface area (Å²) in [5.74, 6) is -0.278. The van der Waals surface area contributed by atoms with Gasteiger partial charge in [0.2, 0.25) is 5.91 Å². The Labute approximate surface area is 141 Å². The molecule has 1 aliphatic carbocycles. The number of benzene rings is 1. The van der Waals surface area contributed by atoms with Crippen LogP contribution in [0.2, 0.25) is 0 Å². The molecule has 1 aliphatic rings. The molecule has 1 aromatic heterocycles. The summed E-state index contributed by atoms with van der Waals surface area (Å²) in [6, 6.07) is 6.92. The van der Waals surface area contributed by atoms with Crippen LogP contribution in [0.1, 0.15) is 29.8 Å². The Balaban J connectivity index is 1.65. The summed E-state index contributed by atoms with van der Waals surface area (Å²) in [6.45, 7) is 4.81. The van der Waals surface area contributed by atoms with Crippen LogP contribution in [0.25, 0.3) is 0 Å². The molecule has 1 heterocycles. The van der Waals surface area contributed by atoms with Crippen molar-refractivity contribution in [3.8, 4) is 0 Å². The van der Waals surface area contributed by atoms with Gasteiger partial charge >= 0.3 is 0 Å².